The topological polar surface area (TPSA) is 99.1 Å². The molecule has 3 N–H and O–H groups in total. The number of hydrogen-bond donors (Lipinski definition) is 3. The molecule has 4 aromatic rings. The number of benzene rings is 4. The molecule has 7 nitrogen and oxygen atoms in total. The highest BCUT2D eigenvalue weighted by atomic mass is 35.5. The first kappa shape index (κ1) is 41.9. The van der Waals surface area contributed by atoms with E-state index in [0.29, 0.717) is 17.9 Å². The first-order valence-corrected chi connectivity index (χ1v) is 17.2. The summed E-state index contributed by atoms with van der Waals surface area (Å²) in [5.74, 6) is -2.09. The number of nitrogens with zero attached hydrogens (tertiary/aromatic N) is 1. The predicted molar refractivity (Wildman–Crippen MR) is 201 cm³/mol. The summed E-state index contributed by atoms with van der Waals surface area (Å²) in [5.41, 5.74) is 6.33. The number of likely N-dealkylation sites (tertiary alicyclic amines) is 1. The smallest absolute Gasteiger partial charge is 0.416 e. The molecule has 12 heteroatoms. The second kappa shape index (κ2) is 20.5. The monoisotopic (exact) mass is 754 g/mol. The molecular formula is C40H42ClF3N2O5S. The van der Waals surface area contributed by atoms with Gasteiger partial charge in [0.05, 0.1) is 5.56 Å². The van der Waals surface area contributed by atoms with Gasteiger partial charge in [-0.2, -0.15) is 13.2 Å². The molecule has 0 amide bonds. The van der Waals surface area contributed by atoms with Crippen LogP contribution in [0.15, 0.2) is 131 Å². The Morgan fingerprint density at radius 3 is 1.81 bits per heavy atom. The molecule has 2 aliphatic heterocycles. The minimum absolute atomic E-state index is 0. The number of nitrogens with one attached hydrogen (secondary N) is 1. The van der Waals surface area contributed by atoms with Crippen molar-refractivity contribution in [2.24, 2.45) is 0 Å². The number of alkyl halides is 3. The third-order valence-electron chi connectivity index (χ3n) is 8.13. The van der Waals surface area contributed by atoms with Crippen molar-refractivity contribution >= 4 is 41.7 Å². The molecule has 0 spiro atoms. The van der Waals surface area contributed by atoms with E-state index in [1.807, 2.05) is 49.1 Å². The largest absolute Gasteiger partial charge is 0.486 e. The maximum absolute atomic E-state index is 12.6. The van der Waals surface area contributed by atoms with E-state index in [9.17, 15) is 22.8 Å². The Morgan fingerprint density at radius 1 is 0.827 bits per heavy atom. The Morgan fingerprint density at radius 2 is 1.33 bits per heavy atom. The van der Waals surface area contributed by atoms with E-state index in [0.717, 1.165) is 30.7 Å². The zero-order chi connectivity index (χ0) is 36.8. The molecule has 0 bridgehead atoms. The van der Waals surface area contributed by atoms with Crippen molar-refractivity contribution in [1.82, 2.24) is 10.2 Å². The first-order valence-electron chi connectivity index (χ1n) is 16.4. The summed E-state index contributed by atoms with van der Waals surface area (Å²) in [5, 5.41) is 18.7. The van der Waals surface area contributed by atoms with E-state index in [4.69, 9.17) is 14.9 Å². The highest BCUT2D eigenvalue weighted by molar-refractivity contribution is 7.99. The number of carboxylic acid groups (broad SMARTS) is 2. The number of hydrogen-bond acceptors (Lipinski definition) is 6. The molecule has 52 heavy (non-hydrogen) atoms. The zero-order valence-corrected chi connectivity index (χ0v) is 30.4. The number of aliphatic carboxylic acids is 2. The lowest BCUT2D eigenvalue weighted by atomic mass is 9.88. The van der Waals surface area contributed by atoms with E-state index in [-0.39, 0.29) is 18.5 Å². The van der Waals surface area contributed by atoms with Crippen LogP contribution >= 0.6 is 24.2 Å². The van der Waals surface area contributed by atoms with Gasteiger partial charge >= 0.3 is 18.1 Å². The van der Waals surface area contributed by atoms with Crippen molar-refractivity contribution in [3.8, 4) is 5.75 Å². The van der Waals surface area contributed by atoms with Crippen molar-refractivity contribution in [3.05, 3.63) is 143 Å². The SMILES string of the molecule is CN1CCC(=C2c3ccccc3Sc3ccccc32)CC1.CNCCC(Oc1ccc(C(F)(F)F)cc1)c1ccccc1.Cl.O=C(O)C=CC(=O)O. The Hall–Kier alpha value is -4.55. The number of carboxylic acids is 2. The van der Waals surface area contributed by atoms with Gasteiger partial charge in [0.1, 0.15) is 11.9 Å². The molecule has 0 saturated carbocycles. The zero-order valence-electron chi connectivity index (χ0n) is 28.8. The van der Waals surface area contributed by atoms with Crippen LogP contribution < -0.4 is 10.1 Å². The van der Waals surface area contributed by atoms with Crippen LogP contribution in [0, 0.1) is 0 Å². The number of ether oxygens (including phenoxy) is 1. The molecule has 1 saturated heterocycles. The van der Waals surface area contributed by atoms with E-state index in [1.165, 1.54) is 64.6 Å². The second-order valence-electron chi connectivity index (χ2n) is 11.8. The van der Waals surface area contributed by atoms with Gasteiger partial charge in [0.25, 0.3) is 0 Å². The van der Waals surface area contributed by atoms with Gasteiger partial charge < -0.3 is 25.2 Å². The lowest BCUT2D eigenvalue weighted by Gasteiger charge is -2.30. The molecule has 4 aromatic carbocycles. The van der Waals surface area contributed by atoms with E-state index in [2.05, 4.69) is 65.8 Å². The molecule has 6 rings (SSSR count). The molecular weight excluding hydrogens is 713 g/mol. The summed E-state index contributed by atoms with van der Waals surface area (Å²) in [4.78, 5) is 24.3. The van der Waals surface area contributed by atoms with Crippen LogP contribution in [0.2, 0.25) is 0 Å². The van der Waals surface area contributed by atoms with Gasteiger partial charge in [-0.1, -0.05) is 84.1 Å². The summed E-state index contributed by atoms with van der Waals surface area (Å²) in [6, 6.07) is 32.2. The van der Waals surface area contributed by atoms with Crippen LogP contribution in [-0.4, -0.2) is 60.8 Å². The summed E-state index contributed by atoms with van der Waals surface area (Å²) >= 11 is 1.91. The highest BCUT2D eigenvalue weighted by Crippen LogP contribution is 2.47. The van der Waals surface area contributed by atoms with Crippen molar-refractivity contribution in [1.29, 1.82) is 0 Å². The Bertz CT molecular complexity index is 1740. The predicted octanol–water partition coefficient (Wildman–Crippen LogP) is 9.25. The van der Waals surface area contributed by atoms with Crippen LogP contribution in [0.5, 0.6) is 5.75 Å². The fourth-order valence-corrected chi connectivity index (χ4v) is 6.66. The fraction of sp³-hybridized carbons (Fsp3) is 0.250. The Kier molecular flexibility index (Phi) is 16.5. The standard InChI is InChI=1S/C19H19NS.C17H18F3NO.C4H4O4.ClH/c1-20-12-10-14(11-13-20)19-15-6-2-4-8-17(15)21-18-9-5-3-7-16(18)19;1-21-12-11-16(13-5-3-2-4-6-13)22-15-9-7-14(8-10-15)17(18,19)20;5-3(6)1-2-4(7)8;/h2-9H,10-13H2,1H3;2-10,16,21H,11-12H2,1H3;1-2H,(H,5,6)(H,7,8);1H. The third-order valence-corrected chi connectivity index (χ3v) is 9.29. The quantitative estimate of drug-likeness (QED) is 0.135. The Balaban J connectivity index is 0.000000229. The highest BCUT2D eigenvalue weighted by Gasteiger charge is 2.30. The molecule has 1 fully saturated rings. The fourth-order valence-electron chi connectivity index (χ4n) is 5.57. The number of carbonyl (C=O) groups is 2. The second-order valence-corrected chi connectivity index (χ2v) is 12.9. The molecule has 0 radical (unpaired) electrons. The van der Waals surface area contributed by atoms with Gasteiger partial charge in [0.2, 0.25) is 0 Å². The van der Waals surface area contributed by atoms with Gasteiger partial charge in [-0.25, -0.2) is 9.59 Å². The van der Waals surface area contributed by atoms with Gasteiger partial charge in [0.15, 0.2) is 0 Å². The Labute approximate surface area is 312 Å². The van der Waals surface area contributed by atoms with Crippen molar-refractivity contribution < 1.29 is 37.7 Å². The molecule has 276 valence electrons. The summed E-state index contributed by atoms with van der Waals surface area (Å²) in [7, 11) is 4.07. The molecule has 2 heterocycles. The van der Waals surface area contributed by atoms with Crippen molar-refractivity contribution in [2.75, 3.05) is 33.7 Å². The molecule has 0 aliphatic carbocycles. The van der Waals surface area contributed by atoms with Crippen molar-refractivity contribution in [2.45, 2.75) is 41.3 Å². The van der Waals surface area contributed by atoms with Gasteiger partial charge in [0, 0.05) is 41.5 Å². The number of fused-ring (bicyclic) bond motifs is 2. The maximum atomic E-state index is 12.6. The lowest BCUT2D eigenvalue weighted by Crippen LogP contribution is -2.27. The number of halogens is 4. The molecule has 1 unspecified atom stereocenters. The van der Waals surface area contributed by atoms with Crippen LogP contribution in [0.4, 0.5) is 13.2 Å². The molecule has 2 aliphatic rings. The van der Waals surface area contributed by atoms with Gasteiger partial charge in [-0.15, -0.1) is 12.4 Å². The summed E-state index contributed by atoms with van der Waals surface area (Å²) < 4.78 is 43.6. The average molecular weight is 755 g/mol. The average Bonchev–Trinajstić information content (AvgIpc) is 3.12. The minimum Gasteiger partial charge on any atom is -0.486 e. The number of rotatable bonds is 8. The van der Waals surface area contributed by atoms with E-state index in [1.54, 1.807) is 5.57 Å². The van der Waals surface area contributed by atoms with Crippen LogP contribution in [-0.2, 0) is 15.8 Å². The normalized spacial score (nSPS) is 14.3. The van der Waals surface area contributed by atoms with Crippen molar-refractivity contribution in [3.63, 3.8) is 0 Å². The third kappa shape index (κ3) is 12.6. The molecule has 1 atom stereocenters. The minimum atomic E-state index is -4.33. The van der Waals surface area contributed by atoms with Crippen LogP contribution in [0.1, 0.15) is 47.6 Å². The van der Waals surface area contributed by atoms with Gasteiger partial charge in [-0.3, -0.25) is 0 Å². The lowest BCUT2D eigenvalue weighted by molar-refractivity contribution is -0.137. The molecule has 0 aromatic heterocycles. The van der Waals surface area contributed by atoms with Crippen LogP contribution in [0.25, 0.3) is 5.57 Å². The maximum Gasteiger partial charge on any atom is 0.416 e. The summed E-state index contributed by atoms with van der Waals surface area (Å²) in [6.07, 6.45) is -0.306. The number of piperidine rings is 1. The first-order chi connectivity index (χ1) is 24.5. The summed E-state index contributed by atoms with van der Waals surface area (Å²) in [6.45, 7) is 3.10. The van der Waals surface area contributed by atoms with Gasteiger partial charge in [-0.05, 0) is 92.1 Å². The van der Waals surface area contributed by atoms with Crippen LogP contribution in [0.3, 0.4) is 0 Å². The van der Waals surface area contributed by atoms with E-state index >= 15 is 0 Å². The van der Waals surface area contributed by atoms with E-state index < -0.39 is 23.7 Å².